The van der Waals surface area contributed by atoms with Crippen molar-refractivity contribution in [3.8, 4) is 23.0 Å². The molecule has 1 aliphatic heterocycles. The quantitative estimate of drug-likeness (QED) is 0.135. The van der Waals surface area contributed by atoms with Crippen LogP contribution in [0, 0.1) is 6.92 Å². The van der Waals surface area contributed by atoms with Crippen molar-refractivity contribution >= 4 is 23.1 Å². The number of para-hydroxylation sites is 1. The molecule has 0 aromatic heterocycles. The van der Waals surface area contributed by atoms with Gasteiger partial charge in [-0.05, 0) is 80.4 Å². The molecule has 7 heteroatoms. The number of rotatable bonds is 9. The van der Waals surface area contributed by atoms with Gasteiger partial charge in [-0.25, -0.2) is 0 Å². The van der Waals surface area contributed by atoms with E-state index in [1.165, 1.54) is 4.90 Å². The first kappa shape index (κ1) is 27.5. The molecule has 1 aliphatic rings. The smallest absolute Gasteiger partial charge is 0.300 e. The Labute approximate surface area is 239 Å². The third-order valence-corrected chi connectivity index (χ3v) is 6.70. The Morgan fingerprint density at radius 2 is 1.51 bits per heavy atom. The number of anilines is 1. The van der Waals surface area contributed by atoms with E-state index in [9.17, 15) is 14.7 Å². The van der Waals surface area contributed by atoms with Crippen LogP contribution in [0.5, 0.6) is 23.0 Å². The monoisotopic (exact) mass is 549 g/mol. The highest BCUT2D eigenvalue weighted by molar-refractivity contribution is 6.51. The number of amides is 1. The molecule has 5 rings (SSSR count). The van der Waals surface area contributed by atoms with Gasteiger partial charge >= 0.3 is 0 Å². The van der Waals surface area contributed by atoms with Crippen molar-refractivity contribution in [2.24, 2.45) is 0 Å². The highest BCUT2D eigenvalue weighted by Crippen LogP contribution is 2.44. The Bertz CT molecular complexity index is 1610. The third kappa shape index (κ3) is 5.65. The van der Waals surface area contributed by atoms with E-state index in [1.807, 2.05) is 75.4 Å². The van der Waals surface area contributed by atoms with Crippen LogP contribution in [-0.4, -0.2) is 30.0 Å². The molecule has 1 unspecified atom stereocenters. The number of carbonyl (C=O) groups is 2. The second kappa shape index (κ2) is 12.0. The van der Waals surface area contributed by atoms with Gasteiger partial charge in [-0.15, -0.1) is 0 Å². The summed E-state index contributed by atoms with van der Waals surface area (Å²) in [6.07, 6.45) is 0. The van der Waals surface area contributed by atoms with Crippen molar-refractivity contribution in [1.29, 1.82) is 0 Å². The van der Waals surface area contributed by atoms with Crippen molar-refractivity contribution in [2.45, 2.75) is 26.8 Å². The fraction of sp³-hybridized carbons (Fsp3) is 0.176. The summed E-state index contributed by atoms with van der Waals surface area (Å²) < 4.78 is 17.5. The molecule has 1 N–H and O–H groups in total. The topological polar surface area (TPSA) is 85.3 Å². The maximum atomic E-state index is 13.7. The van der Waals surface area contributed by atoms with Crippen molar-refractivity contribution in [3.63, 3.8) is 0 Å². The average molecular weight is 550 g/mol. The Morgan fingerprint density at radius 3 is 2.24 bits per heavy atom. The summed E-state index contributed by atoms with van der Waals surface area (Å²) in [4.78, 5) is 28.7. The van der Waals surface area contributed by atoms with Crippen LogP contribution >= 0.6 is 0 Å². The first-order valence-electron chi connectivity index (χ1n) is 13.5. The van der Waals surface area contributed by atoms with E-state index < -0.39 is 17.7 Å². The summed E-state index contributed by atoms with van der Waals surface area (Å²) in [5.41, 5.74) is 2.32. The number of hydrogen-bond acceptors (Lipinski definition) is 6. The molecule has 41 heavy (non-hydrogen) atoms. The Hall–Kier alpha value is -5.04. The number of ether oxygens (including phenoxy) is 3. The molecule has 0 radical (unpaired) electrons. The van der Waals surface area contributed by atoms with Crippen molar-refractivity contribution in [2.75, 3.05) is 18.1 Å². The van der Waals surface area contributed by atoms with Gasteiger partial charge in [-0.2, -0.15) is 0 Å². The van der Waals surface area contributed by atoms with Crippen LogP contribution in [0.4, 0.5) is 5.69 Å². The number of aryl methyl sites for hydroxylation is 1. The normalized spacial score (nSPS) is 16.1. The predicted octanol–water partition coefficient (Wildman–Crippen LogP) is 7.21. The highest BCUT2D eigenvalue weighted by Gasteiger charge is 2.47. The predicted molar refractivity (Wildman–Crippen MR) is 158 cm³/mol. The van der Waals surface area contributed by atoms with Crippen LogP contribution in [0.2, 0.25) is 0 Å². The molecule has 208 valence electrons. The molecule has 0 bridgehead atoms. The largest absolute Gasteiger partial charge is 0.507 e. The summed E-state index contributed by atoms with van der Waals surface area (Å²) in [5.74, 6) is 0.227. The van der Waals surface area contributed by atoms with Gasteiger partial charge in [0.2, 0.25) is 0 Å². The number of ketones is 1. The van der Waals surface area contributed by atoms with Crippen molar-refractivity contribution in [3.05, 3.63) is 119 Å². The summed E-state index contributed by atoms with van der Waals surface area (Å²) in [6, 6.07) is 28.0. The summed E-state index contributed by atoms with van der Waals surface area (Å²) >= 11 is 0. The molecule has 1 amide bonds. The molecule has 1 heterocycles. The van der Waals surface area contributed by atoms with E-state index in [-0.39, 0.29) is 11.3 Å². The molecule has 4 aromatic carbocycles. The minimum absolute atomic E-state index is 0.0431. The summed E-state index contributed by atoms with van der Waals surface area (Å²) in [7, 11) is 0. The standard InChI is InChI=1S/C34H31NO6/c1-4-39-26-17-18-28(29(21-26)40-5-2)32(36)30-31(35(34(38)33(30)37)24-13-9-11-22(3)19-24)23-12-10-16-27(20-23)41-25-14-7-6-8-15-25/h6-21,31,36H,4-5H2,1-3H3/b32-30+. The Balaban J connectivity index is 1.69. The van der Waals surface area contributed by atoms with Gasteiger partial charge in [0.1, 0.15) is 28.8 Å². The van der Waals surface area contributed by atoms with Crippen LogP contribution in [0.15, 0.2) is 103 Å². The van der Waals surface area contributed by atoms with E-state index in [0.717, 1.165) is 5.56 Å². The fourth-order valence-corrected chi connectivity index (χ4v) is 4.94. The molecule has 7 nitrogen and oxygen atoms in total. The second-order valence-corrected chi connectivity index (χ2v) is 9.52. The van der Waals surface area contributed by atoms with Gasteiger partial charge in [-0.1, -0.05) is 42.5 Å². The molecular weight excluding hydrogens is 518 g/mol. The van der Waals surface area contributed by atoms with E-state index >= 15 is 0 Å². The SMILES string of the molecule is CCOc1ccc(/C(O)=C2\C(=O)C(=O)N(c3cccc(C)c3)C2c2cccc(Oc3ccccc3)c2)c(OCC)c1. The highest BCUT2D eigenvalue weighted by atomic mass is 16.5. The zero-order valence-electron chi connectivity index (χ0n) is 23.2. The number of carbonyl (C=O) groups excluding carboxylic acids is 2. The van der Waals surface area contributed by atoms with Gasteiger partial charge in [0, 0.05) is 11.8 Å². The Morgan fingerprint density at radius 1 is 0.780 bits per heavy atom. The van der Waals surface area contributed by atoms with Gasteiger partial charge in [0.05, 0.1) is 30.4 Å². The second-order valence-electron chi connectivity index (χ2n) is 9.52. The summed E-state index contributed by atoms with van der Waals surface area (Å²) in [6.45, 7) is 6.40. The molecule has 0 aliphatic carbocycles. The lowest BCUT2D eigenvalue weighted by atomic mass is 9.94. The van der Waals surface area contributed by atoms with Gasteiger partial charge in [0.25, 0.3) is 11.7 Å². The number of aliphatic hydroxyl groups excluding tert-OH is 1. The molecule has 1 atom stereocenters. The fourth-order valence-electron chi connectivity index (χ4n) is 4.94. The molecular formula is C34H31NO6. The number of hydrogen-bond donors (Lipinski definition) is 1. The lowest BCUT2D eigenvalue weighted by Gasteiger charge is -2.26. The third-order valence-electron chi connectivity index (χ3n) is 6.70. The maximum absolute atomic E-state index is 13.7. The molecule has 0 spiro atoms. The number of benzene rings is 4. The number of Topliss-reactive ketones (excluding diaryl/α,β-unsaturated/α-hetero) is 1. The first-order valence-corrected chi connectivity index (χ1v) is 13.5. The van der Waals surface area contributed by atoms with Crippen LogP contribution in [0.25, 0.3) is 5.76 Å². The maximum Gasteiger partial charge on any atom is 0.300 e. The van der Waals surface area contributed by atoms with E-state index in [0.29, 0.717) is 53.0 Å². The van der Waals surface area contributed by atoms with Crippen molar-refractivity contribution < 1.29 is 28.9 Å². The van der Waals surface area contributed by atoms with Gasteiger partial charge in [-0.3, -0.25) is 14.5 Å². The average Bonchev–Trinajstić information content (AvgIpc) is 3.24. The van der Waals surface area contributed by atoms with Crippen LogP contribution in [0.1, 0.15) is 36.6 Å². The van der Waals surface area contributed by atoms with E-state index in [4.69, 9.17) is 14.2 Å². The van der Waals surface area contributed by atoms with Crippen LogP contribution in [0.3, 0.4) is 0 Å². The first-order chi connectivity index (χ1) is 19.9. The lowest BCUT2D eigenvalue weighted by Crippen LogP contribution is -2.29. The van der Waals surface area contributed by atoms with E-state index in [1.54, 1.807) is 42.5 Å². The summed E-state index contributed by atoms with van der Waals surface area (Å²) in [5, 5.41) is 11.7. The molecule has 0 saturated carbocycles. The zero-order valence-corrected chi connectivity index (χ0v) is 23.2. The minimum atomic E-state index is -0.919. The minimum Gasteiger partial charge on any atom is -0.507 e. The van der Waals surface area contributed by atoms with Crippen LogP contribution in [-0.2, 0) is 9.59 Å². The zero-order chi connectivity index (χ0) is 28.9. The molecule has 1 saturated heterocycles. The number of aliphatic hydroxyl groups is 1. The van der Waals surface area contributed by atoms with Gasteiger partial charge in [0.15, 0.2) is 0 Å². The Kier molecular flexibility index (Phi) is 8.06. The van der Waals surface area contributed by atoms with Crippen molar-refractivity contribution in [1.82, 2.24) is 0 Å². The molecule has 4 aromatic rings. The number of nitrogens with zero attached hydrogens (tertiary/aromatic N) is 1. The lowest BCUT2D eigenvalue weighted by molar-refractivity contribution is -0.132. The molecule has 1 fully saturated rings. The van der Waals surface area contributed by atoms with Crippen LogP contribution < -0.4 is 19.1 Å². The van der Waals surface area contributed by atoms with Gasteiger partial charge < -0.3 is 19.3 Å². The van der Waals surface area contributed by atoms with E-state index in [2.05, 4.69) is 0 Å².